The maximum absolute atomic E-state index is 13.2. The zero-order chi connectivity index (χ0) is 23.6. The van der Waals surface area contributed by atoms with E-state index >= 15 is 0 Å². The van der Waals surface area contributed by atoms with Crippen LogP contribution >= 0.6 is 0 Å². The van der Waals surface area contributed by atoms with Gasteiger partial charge in [0.2, 0.25) is 10.0 Å². The van der Waals surface area contributed by atoms with E-state index in [1.165, 1.54) is 22.3 Å². The molecule has 0 saturated heterocycles. The molecule has 0 aromatic carbocycles. The summed E-state index contributed by atoms with van der Waals surface area (Å²) in [6.45, 7) is 8.42. The van der Waals surface area contributed by atoms with Crippen molar-refractivity contribution in [1.29, 1.82) is 0 Å². The fraction of sp³-hybridized carbons (Fsp3) is 0.455. The van der Waals surface area contributed by atoms with E-state index in [2.05, 4.69) is 5.10 Å². The van der Waals surface area contributed by atoms with Gasteiger partial charge in [-0.25, -0.2) is 8.42 Å². The van der Waals surface area contributed by atoms with Crippen LogP contribution in [0.15, 0.2) is 33.8 Å². The monoisotopic (exact) mass is 462 g/mol. The van der Waals surface area contributed by atoms with Crippen LogP contribution in [-0.2, 0) is 34.4 Å². The fourth-order valence-corrected chi connectivity index (χ4v) is 5.40. The maximum Gasteiger partial charge on any atom is 0.246 e. The Bertz CT molecular complexity index is 1210. The molecule has 0 radical (unpaired) electrons. The van der Waals surface area contributed by atoms with Gasteiger partial charge in [0, 0.05) is 37.7 Å². The van der Waals surface area contributed by atoms with Crippen LogP contribution in [0.3, 0.4) is 0 Å². The van der Waals surface area contributed by atoms with Crippen molar-refractivity contribution in [2.24, 2.45) is 0 Å². The molecule has 3 aromatic rings. The lowest BCUT2D eigenvalue weighted by Gasteiger charge is -2.16. The summed E-state index contributed by atoms with van der Waals surface area (Å²) in [5, 5.41) is 4.37. The van der Waals surface area contributed by atoms with E-state index < -0.39 is 10.0 Å². The van der Waals surface area contributed by atoms with Crippen LogP contribution in [0.5, 0.6) is 0 Å². The molecule has 0 fully saturated rings. The van der Waals surface area contributed by atoms with Crippen molar-refractivity contribution in [3.05, 3.63) is 58.6 Å². The minimum Gasteiger partial charge on any atom is -0.468 e. The van der Waals surface area contributed by atoms with Gasteiger partial charge in [-0.15, -0.1) is 0 Å². The minimum atomic E-state index is -3.82. The van der Waals surface area contributed by atoms with Crippen LogP contribution in [0.25, 0.3) is 0 Å². The second-order valence-corrected chi connectivity index (χ2v) is 9.83. The van der Waals surface area contributed by atoms with Crippen molar-refractivity contribution >= 4 is 15.8 Å². The van der Waals surface area contributed by atoms with Gasteiger partial charge in [0.1, 0.15) is 17.2 Å². The Hall–Kier alpha value is -2.69. The number of methoxy groups -OCH3 is 1. The predicted molar refractivity (Wildman–Crippen MR) is 119 cm³/mol. The van der Waals surface area contributed by atoms with Crippen molar-refractivity contribution in [2.45, 2.75) is 52.2 Å². The number of nitrogens with zero attached hydrogens (tertiary/aromatic N) is 4. The first-order chi connectivity index (χ1) is 15.1. The van der Waals surface area contributed by atoms with Crippen LogP contribution in [0.2, 0.25) is 0 Å². The Balaban J connectivity index is 1.86. The Morgan fingerprint density at radius 3 is 2.56 bits per heavy atom. The molecular weight excluding hydrogens is 432 g/mol. The highest BCUT2D eigenvalue weighted by Crippen LogP contribution is 2.25. The Morgan fingerprint density at radius 2 is 1.94 bits per heavy atom. The molecule has 9 nitrogen and oxygen atoms in total. The first-order valence-corrected chi connectivity index (χ1v) is 11.7. The number of aryl methyl sites for hydroxylation is 2. The second kappa shape index (κ2) is 9.43. The molecule has 3 rings (SSSR count). The van der Waals surface area contributed by atoms with Crippen molar-refractivity contribution in [2.75, 3.05) is 20.8 Å². The predicted octanol–water partition coefficient (Wildman–Crippen LogP) is 2.86. The number of carbonyl (C=O) groups excluding carboxylic acids is 1. The minimum absolute atomic E-state index is 0.0430. The summed E-state index contributed by atoms with van der Waals surface area (Å²) in [7, 11) is -0.683. The normalized spacial score (nSPS) is 12.1. The second-order valence-electron chi connectivity index (χ2n) is 7.85. The van der Waals surface area contributed by atoms with Crippen LogP contribution in [0.1, 0.15) is 38.9 Å². The highest BCUT2D eigenvalue weighted by molar-refractivity contribution is 7.89. The number of Topliss-reactive ketones (excluding diaryl/α,β-unsaturated/α-hetero) is 1. The molecule has 0 unspecified atom stereocenters. The molecule has 0 bridgehead atoms. The van der Waals surface area contributed by atoms with Gasteiger partial charge in [-0.1, -0.05) is 0 Å². The molecule has 0 amide bonds. The van der Waals surface area contributed by atoms with Crippen molar-refractivity contribution in [1.82, 2.24) is 18.7 Å². The maximum atomic E-state index is 13.2. The number of rotatable bonds is 10. The number of aromatic nitrogens is 3. The lowest BCUT2D eigenvalue weighted by molar-refractivity contribution is 0.0965. The van der Waals surface area contributed by atoms with E-state index in [0.717, 1.165) is 11.4 Å². The molecule has 0 aliphatic carbocycles. The third-order valence-corrected chi connectivity index (χ3v) is 7.68. The first-order valence-electron chi connectivity index (χ1n) is 10.3. The molecule has 3 heterocycles. The van der Waals surface area contributed by atoms with E-state index in [0.29, 0.717) is 35.9 Å². The molecule has 10 heteroatoms. The molecule has 0 atom stereocenters. The quantitative estimate of drug-likeness (QED) is 0.430. The molecule has 0 aliphatic heterocycles. The van der Waals surface area contributed by atoms with Crippen molar-refractivity contribution in [3.63, 3.8) is 0 Å². The van der Waals surface area contributed by atoms with Crippen LogP contribution in [-0.4, -0.2) is 53.6 Å². The summed E-state index contributed by atoms with van der Waals surface area (Å²) in [5.41, 5.74) is 3.21. The van der Waals surface area contributed by atoms with Gasteiger partial charge in [0.25, 0.3) is 0 Å². The van der Waals surface area contributed by atoms with E-state index in [1.54, 1.807) is 33.1 Å². The van der Waals surface area contributed by atoms with Crippen LogP contribution in [0.4, 0.5) is 0 Å². The summed E-state index contributed by atoms with van der Waals surface area (Å²) in [4.78, 5) is 13.2. The molecule has 0 aliphatic rings. The number of furan rings is 1. The van der Waals surface area contributed by atoms with E-state index in [9.17, 15) is 13.2 Å². The third kappa shape index (κ3) is 4.57. The number of hydrogen-bond acceptors (Lipinski definition) is 6. The Kier molecular flexibility index (Phi) is 7.06. The van der Waals surface area contributed by atoms with E-state index in [-0.39, 0.29) is 23.8 Å². The summed E-state index contributed by atoms with van der Waals surface area (Å²) in [6.07, 6.45) is 1.50. The summed E-state index contributed by atoms with van der Waals surface area (Å²) >= 11 is 0. The summed E-state index contributed by atoms with van der Waals surface area (Å²) in [5.74, 6) is 0.415. The molecule has 32 heavy (non-hydrogen) atoms. The summed E-state index contributed by atoms with van der Waals surface area (Å²) in [6, 6.07) is 5.28. The van der Waals surface area contributed by atoms with Gasteiger partial charge in [0.05, 0.1) is 30.8 Å². The molecule has 0 spiro atoms. The lowest BCUT2D eigenvalue weighted by Crippen LogP contribution is -2.27. The molecule has 3 aromatic heterocycles. The first kappa shape index (κ1) is 24.0. The number of carbonyl (C=O) groups is 1. The van der Waals surface area contributed by atoms with Crippen LogP contribution in [0, 0.1) is 27.7 Å². The Morgan fingerprint density at radius 1 is 1.22 bits per heavy atom. The molecule has 0 saturated carbocycles. The fourth-order valence-electron chi connectivity index (χ4n) is 3.90. The van der Waals surface area contributed by atoms with Crippen molar-refractivity contribution in [3.8, 4) is 0 Å². The van der Waals surface area contributed by atoms with Gasteiger partial charge in [-0.2, -0.15) is 9.40 Å². The molecule has 0 N–H and O–H groups in total. The zero-order valence-corrected chi connectivity index (χ0v) is 20.2. The molecule has 174 valence electrons. The molecular formula is C22H30N4O5S. The number of ketones is 1. The highest BCUT2D eigenvalue weighted by atomic mass is 32.2. The van der Waals surface area contributed by atoms with Gasteiger partial charge < -0.3 is 13.7 Å². The van der Waals surface area contributed by atoms with Gasteiger partial charge in [-0.05, 0) is 45.9 Å². The van der Waals surface area contributed by atoms with Gasteiger partial charge >= 0.3 is 0 Å². The van der Waals surface area contributed by atoms with Crippen molar-refractivity contribution < 1.29 is 22.4 Å². The van der Waals surface area contributed by atoms with Gasteiger partial charge in [-0.3, -0.25) is 9.48 Å². The average Bonchev–Trinajstić information content (AvgIpc) is 3.40. The Labute approximate surface area is 188 Å². The SMILES string of the molecule is COCCn1c(C)cc(C(=O)Cn2nc(C)c(S(=O)(=O)N(C)Cc3ccco3)c2C)c1C. The standard InChI is InChI=1S/C22H30N4O5S/c1-15-12-20(17(3)25(15)9-11-30-6)21(27)14-26-18(4)22(16(2)23-26)32(28,29)24(5)13-19-8-7-10-31-19/h7-8,10,12H,9,11,13-14H2,1-6H3. The third-order valence-electron chi connectivity index (χ3n) is 5.63. The van der Waals surface area contributed by atoms with E-state index in [4.69, 9.17) is 9.15 Å². The number of sulfonamides is 1. The zero-order valence-electron chi connectivity index (χ0n) is 19.4. The number of hydrogen-bond donors (Lipinski definition) is 0. The topological polar surface area (TPSA) is 99.6 Å². The smallest absolute Gasteiger partial charge is 0.246 e. The largest absolute Gasteiger partial charge is 0.468 e. The average molecular weight is 463 g/mol. The number of ether oxygens (including phenoxy) is 1. The lowest BCUT2D eigenvalue weighted by atomic mass is 10.1. The highest BCUT2D eigenvalue weighted by Gasteiger charge is 2.30. The van der Waals surface area contributed by atoms with E-state index in [1.807, 2.05) is 24.5 Å². The van der Waals surface area contributed by atoms with Crippen LogP contribution < -0.4 is 0 Å². The van der Waals surface area contributed by atoms with Gasteiger partial charge in [0.15, 0.2) is 5.78 Å². The summed E-state index contributed by atoms with van der Waals surface area (Å²) < 4.78 is 41.5.